The van der Waals surface area contributed by atoms with Crippen molar-refractivity contribution in [3.63, 3.8) is 0 Å². The summed E-state index contributed by atoms with van der Waals surface area (Å²) in [6.45, 7) is 4.65. The minimum atomic E-state index is -1.63. The van der Waals surface area contributed by atoms with Crippen molar-refractivity contribution in [1.82, 2.24) is 0 Å². The second-order valence-electron chi connectivity index (χ2n) is 28.7. The van der Waals surface area contributed by atoms with E-state index in [4.69, 9.17) is 18.9 Å². The molecule has 2 unspecified atom stereocenters. The van der Waals surface area contributed by atoms with Crippen LogP contribution in [-0.2, 0) is 33.3 Å². The van der Waals surface area contributed by atoms with Crippen molar-refractivity contribution in [3.05, 3.63) is 134 Å². The molecular weight excluding hydrogens is 1220 g/mol. The van der Waals surface area contributed by atoms with Gasteiger partial charge in [-0.25, -0.2) is 0 Å². The number of likely N-dealkylation sites (N-methyl/N-ethyl adjacent to an activating group) is 1. The molecule has 0 heterocycles. The van der Waals surface area contributed by atoms with Gasteiger partial charge in [-0.15, -0.1) is 0 Å². The highest BCUT2D eigenvalue weighted by molar-refractivity contribution is 5.70. The summed E-state index contributed by atoms with van der Waals surface area (Å²) in [6, 6.07) is 0. The molecule has 0 aliphatic rings. The first-order valence-electron chi connectivity index (χ1n) is 41.3. The number of ether oxygens (including phenoxy) is 4. The fourth-order valence-corrected chi connectivity index (χ4v) is 11.6. The average Bonchev–Trinajstić information content (AvgIpc) is 2.19. The van der Waals surface area contributed by atoms with E-state index >= 15 is 0 Å². The van der Waals surface area contributed by atoms with Crippen LogP contribution in [0.2, 0.25) is 0 Å². The number of hydrogen-bond donors (Lipinski definition) is 0. The third-order valence-corrected chi connectivity index (χ3v) is 17.9. The number of carbonyl (C=O) groups excluding carboxylic acids is 3. The number of unbranched alkanes of at least 4 members (excludes halogenated alkanes) is 39. The van der Waals surface area contributed by atoms with Crippen molar-refractivity contribution >= 4 is 17.9 Å². The lowest BCUT2D eigenvalue weighted by Crippen LogP contribution is -2.44. The number of rotatable bonds is 76. The third kappa shape index (κ3) is 80.6. The van der Waals surface area contributed by atoms with Gasteiger partial charge in [-0.05, 0) is 116 Å². The third-order valence-electron chi connectivity index (χ3n) is 17.9. The van der Waals surface area contributed by atoms with Crippen LogP contribution in [0, 0.1) is 0 Å². The van der Waals surface area contributed by atoms with Crippen LogP contribution in [0.4, 0.5) is 0 Å². The number of carbonyl (C=O) groups is 3. The van der Waals surface area contributed by atoms with E-state index in [9.17, 15) is 19.5 Å². The van der Waals surface area contributed by atoms with Gasteiger partial charge in [0, 0.05) is 12.8 Å². The second kappa shape index (κ2) is 79.1. The molecule has 0 aliphatic carbocycles. The van der Waals surface area contributed by atoms with Gasteiger partial charge in [-0.1, -0.05) is 366 Å². The highest BCUT2D eigenvalue weighted by Gasteiger charge is 2.22. The minimum Gasteiger partial charge on any atom is -0.545 e. The van der Waals surface area contributed by atoms with Crippen molar-refractivity contribution in [2.45, 2.75) is 373 Å². The van der Waals surface area contributed by atoms with E-state index in [0.717, 1.165) is 122 Å². The van der Waals surface area contributed by atoms with Gasteiger partial charge < -0.3 is 33.3 Å². The number of quaternary nitrogens is 1. The van der Waals surface area contributed by atoms with Crippen molar-refractivity contribution in [2.75, 3.05) is 47.5 Å². The molecule has 0 radical (unpaired) electrons. The predicted octanol–water partition coefficient (Wildman–Crippen LogP) is 25.5. The van der Waals surface area contributed by atoms with Gasteiger partial charge in [0.05, 0.1) is 40.3 Å². The zero-order valence-electron chi connectivity index (χ0n) is 65.1. The summed E-state index contributed by atoms with van der Waals surface area (Å²) in [5, 5.41) is 11.9. The molecule has 9 heteroatoms. The van der Waals surface area contributed by atoms with Crippen LogP contribution in [0.25, 0.3) is 0 Å². The summed E-state index contributed by atoms with van der Waals surface area (Å²) in [4.78, 5) is 37.6. The maximum atomic E-state index is 13.0. The first-order chi connectivity index (χ1) is 48.6. The first kappa shape index (κ1) is 94.4. The lowest BCUT2D eigenvalue weighted by molar-refractivity contribution is -0.870. The maximum Gasteiger partial charge on any atom is 0.306 e. The molecule has 0 N–H and O–H groups in total. The Bertz CT molecular complexity index is 2100. The molecule has 2 atom stereocenters. The Hall–Kier alpha value is -4.57. The summed E-state index contributed by atoms with van der Waals surface area (Å²) in [6.07, 6.45) is 112. The second-order valence-corrected chi connectivity index (χ2v) is 28.7. The topological polar surface area (TPSA) is 111 Å². The Morgan fingerprint density at radius 1 is 0.313 bits per heavy atom. The van der Waals surface area contributed by atoms with Crippen LogP contribution in [0.15, 0.2) is 134 Å². The monoisotopic (exact) mass is 1380 g/mol. The summed E-state index contributed by atoms with van der Waals surface area (Å²) in [5.74, 6) is -2.30. The number of esters is 2. The Balaban J connectivity index is 4.07. The summed E-state index contributed by atoms with van der Waals surface area (Å²) in [5.41, 5.74) is 0. The van der Waals surface area contributed by atoms with Crippen molar-refractivity contribution in [2.24, 2.45) is 0 Å². The normalized spacial score (nSPS) is 13.3. The number of carboxylic acid groups (broad SMARTS) is 1. The van der Waals surface area contributed by atoms with Crippen molar-refractivity contribution < 1.29 is 42.9 Å². The zero-order chi connectivity index (χ0) is 71.8. The molecule has 0 fully saturated rings. The highest BCUT2D eigenvalue weighted by atomic mass is 16.7. The minimum absolute atomic E-state index is 0.140. The molecule has 0 aromatic rings. The molecule has 0 rings (SSSR count). The first-order valence-corrected chi connectivity index (χ1v) is 41.3. The van der Waals surface area contributed by atoms with E-state index in [2.05, 4.69) is 148 Å². The summed E-state index contributed by atoms with van der Waals surface area (Å²) >= 11 is 0. The van der Waals surface area contributed by atoms with E-state index in [0.29, 0.717) is 17.4 Å². The fraction of sp³-hybridized carbons (Fsp3) is 0.722. The molecule has 568 valence electrons. The number of carboxylic acids is 1. The standard InChI is InChI=1S/C90H155NO8/c1-6-8-10-12-14-16-18-20-22-24-26-28-30-32-34-36-38-40-42-44-46-48-50-52-54-56-58-60-62-64-66-68-70-72-74-76-78-80-87(92)97-84-86(85-98-90(89(94)95)96-83-82-91(3,4)5)99-88(93)81-79-77-75-73-71-69-67-65-63-61-59-57-55-53-51-49-47-45-43-41-39-37-35-33-31-29-27-25-23-21-19-17-15-13-11-9-7-2/h9,11,15,17,21,23-24,26-27,29,33,35,39,41,45,47,51,53,57,59,63,65,86,90H,6-8,10,12-14,16,18-20,22,25,28,30-32,34,36-38,40,42-44,46,48-50,52,54-56,58,60-62,64,66-85H2,1-5H3/b11-9-,17-15-,23-21-,26-24-,29-27-,35-33-,41-39-,47-45-,53-51-,59-57-,65-63-. The van der Waals surface area contributed by atoms with Crippen LogP contribution in [-0.4, -0.2) is 82.3 Å². The molecule has 0 bridgehead atoms. The molecule has 0 saturated heterocycles. The summed E-state index contributed by atoms with van der Waals surface area (Å²) < 4.78 is 22.8. The Morgan fingerprint density at radius 2 is 0.576 bits per heavy atom. The maximum absolute atomic E-state index is 13.0. The largest absolute Gasteiger partial charge is 0.545 e. The molecule has 99 heavy (non-hydrogen) atoms. The van der Waals surface area contributed by atoms with Crippen LogP contribution >= 0.6 is 0 Å². The van der Waals surface area contributed by atoms with E-state index in [1.165, 1.54) is 205 Å². The fourth-order valence-electron chi connectivity index (χ4n) is 11.6. The van der Waals surface area contributed by atoms with E-state index < -0.39 is 24.3 Å². The van der Waals surface area contributed by atoms with Gasteiger partial charge in [0.25, 0.3) is 0 Å². The highest BCUT2D eigenvalue weighted by Crippen LogP contribution is 2.19. The van der Waals surface area contributed by atoms with E-state index in [-0.39, 0.29) is 38.6 Å². The van der Waals surface area contributed by atoms with Gasteiger partial charge in [0.1, 0.15) is 13.2 Å². The van der Waals surface area contributed by atoms with Gasteiger partial charge in [-0.3, -0.25) is 9.59 Å². The molecule has 0 spiro atoms. The van der Waals surface area contributed by atoms with Crippen molar-refractivity contribution in [3.8, 4) is 0 Å². The van der Waals surface area contributed by atoms with Crippen LogP contribution in [0.1, 0.15) is 361 Å². The molecule has 0 saturated carbocycles. The Morgan fingerprint density at radius 3 is 0.869 bits per heavy atom. The van der Waals surface area contributed by atoms with Crippen molar-refractivity contribution in [1.29, 1.82) is 0 Å². The Kier molecular flexibility index (Phi) is 75.5. The lowest BCUT2D eigenvalue weighted by Gasteiger charge is -2.26. The van der Waals surface area contributed by atoms with E-state index in [1.807, 2.05) is 21.1 Å². The molecule has 0 aromatic heterocycles. The summed E-state index contributed by atoms with van der Waals surface area (Å²) in [7, 11) is 5.93. The number of allylic oxidation sites excluding steroid dienone is 22. The van der Waals surface area contributed by atoms with Gasteiger partial charge >= 0.3 is 11.9 Å². The molecule has 0 aromatic carbocycles. The van der Waals surface area contributed by atoms with Crippen LogP contribution < -0.4 is 5.11 Å². The lowest BCUT2D eigenvalue weighted by atomic mass is 10.0. The van der Waals surface area contributed by atoms with Gasteiger partial charge in [0.2, 0.25) is 0 Å². The van der Waals surface area contributed by atoms with E-state index in [1.54, 1.807) is 0 Å². The molecule has 0 aliphatic heterocycles. The Labute approximate surface area is 611 Å². The zero-order valence-corrected chi connectivity index (χ0v) is 65.1. The van der Waals surface area contributed by atoms with Crippen LogP contribution in [0.3, 0.4) is 0 Å². The number of aliphatic carboxylic acids is 1. The number of hydrogen-bond acceptors (Lipinski definition) is 8. The predicted molar refractivity (Wildman–Crippen MR) is 426 cm³/mol. The van der Waals surface area contributed by atoms with Crippen LogP contribution in [0.5, 0.6) is 0 Å². The SMILES string of the molecule is CC/C=C\C/C=C\C/C=C\C/C=C\C/C=C\C/C=C\C/C=C\C/C=C\C/C=C\C/C=C\CCCCCCCCC(=O)OC(COC(=O)CCCCCCCCCCCCCCCCCCCCCCCCCCC/C=C\CCCCCCCCCC)COC(OCC[N+](C)(C)C)C(=O)[O-]. The molecule has 0 amide bonds. The molecule has 9 nitrogen and oxygen atoms in total. The molecular formula is C90H155NO8. The van der Waals surface area contributed by atoms with Gasteiger partial charge in [-0.2, -0.15) is 0 Å². The smallest absolute Gasteiger partial charge is 0.306 e. The number of nitrogens with zero attached hydrogens (tertiary/aromatic N) is 1. The van der Waals surface area contributed by atoms with Gasteiger partial charge in [0.15, 0.2) is 12.4 Å². The quantitative estimate of drug-likeness (QED) is 0.0195. The average molecular weight is 1380 g/mol.